The predicted octanol–water partition coefficient (Wildman–Crippen LogP) is 9.85. The zero-order valence-electron chi connectivity index (χ0n) is 20.6. The van der Waals surface area contributed by atoms with Crippen molar-refractivity contribution < 1.29 is 26.3 Å². The van der Waals surface area contributed by atoms with Crippen LogP contribution in [0.5, 0.6) is 0 Å². The summed E-state index contributed by atoms with van der Waals surface area (Å²) >= 11 is 0. The van der Waals surface area contributed by atoms with Crippen LogP contribution in [0.2, 0.25) is 0 Å². The van der Waals surface area contributed by atoms with Crippen LogP contribution in [0.15, 0.2) is 66.7 Å². The molecule has 0 aromatic heterocycles. The summed E-state index contributed by atoms with van der Waals surface area (Å²) in [6.07, 6.45) is 0.971. The molecule has 6 heteroatoms. The van der Waals surface area contributed by atoms with E-state index in [0.29, 0.717) is 52.3 Å². The minimum atomic E-state index is -4.40. The van der Waals surface area contributed by atoms with E-state index in [1.54, 1.807) is 18.2 Å². The summed E-state index contributed by atoms with van der Waals surface area (Å²) in [7, 11) is 0. The Morgan fingerprint density at radius 2 is 1.35 bits per heavy atom. The number of rotatable bonds is 9. The molecule has 0 nitrogen and oxygen atoms in total. The molecule has 0 atom stereocenters. The van der Waals surface area contributed by atoms with E-state index in [0.717, 1.165) is 37.8 Å². The van der Waals surface area contributed by atoms with Crippen molar-refractivity contribution in [3.8, 4) is 11.1 Å². The quantitative estimate of drug-likeness (QED) is 0.154. The van der Waals surface area contributed by atoms with Gasteiger partial charge in [0.1, 0.15) is 17.5 Å². The highest BCUT2D eigenvalue weighted by atomic mass is 19.4. The van der Waals surface area contributed by atoms with Crippen molar-refractivity contribution in [2.45, 2.75) is 58.0 Å². The first-order chi connectivity index (χ1) is 17.7. The van der Waals surface area contributed by atoms with Crippen LogP contribution in [0.3, 0.4) is 0 Å². The lowest BCUT2D eigenvalue weighted by molar-refractivity contribution is -0.137. The molecular weight excluding hydrogens is 486 g/mol. The van der Waals surface area contributed by atoms with Crippen LogP contribution in [-0.2, 0) is 25.4 Å². The number of benzene rings is 4. The normalized spacial score (nSPS) is 11.9. The molecule has 0 aliphatic heterocycles. The molecule has 4 aromatic carbocycles. The van der Waals surface area contributed by atoms with Crippen LogP contribution in [0.25, 0.3) is 21.9 Å². The molecule has 0 aliphatic carbocycles. The van der Waals surface area contributed by atoms with Crippen molar-refractivity contribution in [2.24, 2.45) is 0 Å². The highest BCUT2D eigenvalue weighted by Crippen LogP contribution is 2.33. The highest BCUT2D eigenvalue weighted by Gasteiger charge is 2.29. The van der Waals surface area contributed by atoms with Crippen LogP contribution in [0.4, 0.5) is 26.3 Å². The number of alkyl halides is 3. The smallest absolute Gasteiger partial charge is 0.206 e. The largest absolute Gasteiger partial charge is 0.416 e. The Morgan fingerprint density at radius 1 is 0.649 bits per heavy atom. The first-order valence-corrected chi connectivity index (χ1v) is 12.5. The van der Waals surface area contributed by atoms with Crippen molar-refractivity contribution in [3.63, 3.8) is 0 Å². The molecule has 0 bridgehead atoms. The molecule has 0 aliphatic rings. The predicted molar refractivity (Wildman–Crippen MR) is 136 cm³/mol. The van der Waals surface area contributed by atoms with Gasteiger partial charge in [0.25, 0.3) is 0 Å². The average molecular weight is 515 g/mol. The molecule has 0 spiro atoms. The fourth-order valence-corrected chi connectivity index (χ4v) is 4.63. The van der Waals surface area contributed by atoms with Gasteiger partial charge in [0.05, 0.1) is 11.1 Å². The van der Waals surface area contributed by atoms with E-state index in [2.05, 4.69) is 6.92 Å². The second-order valence-electron chi connectivity index (χ2n) is 9.41. The van der Waals surface area contributed by atoms with Gasteiger partial charge in [0, 0.05) is 5.39 Å². The van der Waals surface area contributed by atoms with E-state index >= 15 is 4.39 Å². The number of hydrogen-bond donors (Lipinski definition) is 0. The van der Waals surface area contributed by atoms with Gasteiger partial charge >= 0.3 is 6.18 Å². The summed E-state index contributed by atoms with van der Waals surface area (Å²) in [5.41, 5.74) is 1.19. The summed E-state index contributed by atoms with van der Waals surface area (Å²) in [4.78, 5) is 0. The molecule has 0 unspecified atom stereocenters. The van der Waals surface area contributed by atoms with Crippen LogP contribution in [0, 0.1) is 17.5 Å². The van der Waals surface area contributed by atoms with Crippen molar-refractivity contribution in [2.75, 3.05) is 0 Å². The zero-order chi connectivity index (χ0) is 26.6. The molecule has 0 saturated heterocycles. The molecule has 0 fully saturated rings. The van der Waals surface area contributed by atoms with E-state index in [1.165, 1.54) is 36.4 Å². The van der Waals surface area contributed by atoms with Gasteiger partial charge in [0.15, 0.2) is 0 Å². The topological polar surface area (TPSA) is 0 Å². The second-order valence-corrected chi connectivity index (χ2v) is 9.41. The third-order valence-corrected chi connectivity index (χ3v) is 6.71. The van der Waals surface area contributed by atoms with Crippen LogP contribution in [-0.4, -0.2) is 0 Å². The average Bonchev–Trinajstić information content (AvgIpc) is 2.85. The molecule has 4 rings (SSSR count). The van der Waals surface area contributed by atoms with E-state index in [-0.39, 0.29) is 5.56 Å². The van der Waals surface area contributed by atoms with Gasteiger partial charge < -0.3 is 0 Å². The second kappa shape index (κ2) is 11.4. The van der Waals surface area contributed by atoms with Crippen LogP contribution < -0.4 is 0 Å². The number of unbranched alkanes of at least 4 members (excludes halogenated alkanes) is 3. The van der Waals surface area contributed by atoms with Crippen molar-refractivity contribution in [1.29, 1.82) is 0 Å². The zero-order valence-corrected chi connectivity index (χ0v) is 20.6. The molecule has 194 valence electrons. The first kappa shape index (κ1) is 26.8. The SMILES string of the molecule is CCCCCCc1cc(F)c(-c2ccc3c(F)c(CCc4ccc(C(F)(F)F)cc4)ccc3c2)c(F)c1. The number of aryl methyl sites for hydroxylation is 3. The lowest BCUT2D eigenvalue weighted by Gasteiger charge is -2.12. The maximum absolute atomic E-state index is 15.2. The summed E-state index contributed by atoms with van der Waals surface area (Å²) in [5, 5.41) is 0.831. The van der Waals surface area contributed by atoms with E-state index in [9.17, 15) is 22.0 Å². The first-order valence-electron chi connectivity index (χ1n) is 12.5. The third-order valence-electron chi connectivity index (χ3n) is 6.71. The summed E-state index contributed by atoms with van der Waals surface area (Å²) < 4.78 is 83.2. The number of fused-ring (bicyclic) bond motifs is 1. The van der Waals surface area contributed by atoms with Gasteiger partial charge in [-0.3, -0.25) is 0 Å². The van der Waals surface area contributed by atoms with Gasteiger partial charge in [-0.2, -0.15) is 13.2 Å². The molecule has 37 heavy (non-hydrogen) atoms. The monoisotopic (exact) mass is 514 g/mol. The summed E-state index contributed by atoms with van der Waals surface area (Å²) in [5.74, 6) is -1.73. The Morgan fingerprint density at radius 3 is 2.00 bits per heavy atom. The Balaban J connectivity index is 1.52. The Labute approximate surface area is 213 Å². The molecular formula is C31H28F6. The molecule has 0 amide bonds. The molecule has 0 saturated carbocycles. The van der Waals surface area contributed by atoms with Crippen molar-refractivity contribution in [3.05, 3.63) is 106 Å². The highest BCUT2D eigenvalue weighted by molar-refractivity contribution is 5.88. The van der Waals surface area contributed by atoms with Gasteiger partial charge in [-0.05, 0) is 83.7 Å². The molecule has 0 heterocycles. The van der Waals surface area contributed by atoms with Crippen molar-refractivity contribution >= 4 is 10.8 Å². The van der Waals surface area contributed by atoms with Crippen molar-refractivity contribution in [1.82, 2.24) is 0 Å². The van der Waals surface area contributed by atoms with Gasteiger partial charge in [0.2, 0.25) is 0 Å². The maximum Gasteiger partial charge on any atom is 0.416 e. The molecule has 4 aromatic rings. The Bertz CT molecular complexity index is 1350. The van der Waals surface area contributed by atoms with E-state index in [4.69, 9.17) is 0 Å². The lowest BCUT2D eigenvalue weighted by atomic mass is 9.95. The number of halogens is 6. The van der Waals surface area contributed by atoms with Crippen LogP contribution in [0.1, 0.15) is 54.9 Å². The van der Waals surface area contributed by atoms with E-state index < -0.39 is 29.2 Å². The summed E-state index contributed by atoms with van der Waals surface area (Å²) in [6.45, 7) is 2.10. The minimum absolute atomic E-state index is 0.133. The van der Waals surface area contributed by atoms with Gasteiger partial charge in [-0.1, -0.05) is 62.6 Å². The fraction of sp³-hybridized carbons (Fsp3) is 0.290. The fourth-order valence-electron chi connectivity index (χ4n) is 4.63. The van der Waals surface area contributed by atoms with Gasteiger partial charge in [-0.15, -0.1) is 0 Å². The minimum Gasteiger partial charge on any atom is -0.206 e. The van der Waals surface area contributed by atoms with E-state index in [1.807, 2.05) is 0 Å². The maximum atomic E-state index is 15.2. The number of hydrogen-bond acceptors (Lipinski definition) is 0. The standard InChI is InChI=1S/C31H28F6/c1-2-3-4-5-6-21-17-27(32)29(28(33)18-21)24-13-16-26-23(19-24)12-11-22(30(26)34)10-7-20-8-14-25(15-9-20)31(35,36)37/h8-9,11-19H,2-7,10H2,1H3. The van der Waals surface area contributed by atoms with Crippen LogP contribution >= 0.6 is 0 Å². The molecule has 0 N–H and O–H groups in total. The summed E-state index contributed by atoms with van der Waals surface area (Å²) in [6, 6.07) is 15.5. The van der Waals surface area contributed by atoms with Gasteiger partial charge in [-0.25, -0.2) is 13.2 Å². The Kier molecular flexibility index (Phi) is 8.25. The lowest BCUT2D eigenvalue weighted by Crippen LogP contribution is -2.04. The molecule has 0 radical (unpaired) electrons. The Hall–Kier alpha value is -3.28. The third kappa shape index (κ3) is 6.35.